The summed E-state index contributed by atoms with van der Waals surface area (Å²) < 4.78 is 0. The molecule has 1 aromatic rings. The second-order valence-electron chi connectivity index (χ2n) is 5.23. The van der Waals surface area contributed by atoms with Crippen LogP contribution in [0.3, 0.4) is 0 Å². The highest BCUT2D eigenvalue weighted by molar-refractivity contribution is 5.28. The van der Waals surface area contributed by atoms with Crippen molar-refractivity contribution < 1.29 is 5.11 Å². The predicted molar refractivity (Wildman–Crippen MR) is 71.0 cm³/mol. The third-order valence-electron chi connectivity index (χ3n) is 3.94. The average molecular weight is 233 g/mol. The molecule has 1 heterocycles. The molecule has 1 aromatic carbocycles. The molecule has 2 unspecified atom stereocenters. The summed E-state index contributed by atoms with van der Waals surface area (Å²) in [7, 11) is 0. The third-order valence-corrected chi connectivity index (χ3v) is 3.94. The van der Waals surface area contributed by atoms with E-state index in [0.717, 1.165) is 31.5 Å². The highest BCUT2D eigenvalue weighted by Crippen LogP contribution is 2.34. The molecule has 2 heteroatoms. The standard InChI is InChI=1S/C15H23NO/c1-3-4-13-5-7-14(8-6-13)15(17)9-10-16-11-12(15)2/h5-8,12,16-17H,3-4,9-11H2,1-2H3. The summed E-state index contributed by atoms with van der Waals surface area (Å²) in [5, 5.41) is 14.1. The van der Waals surface area contributed by atoms with E-state index in [0.29, 0.717) is 0 Å². The second kappa shape index (κ2) is 5.19. The molecule has 2 atom stereocenters. The molecule has 1 aliphatic rings. The minimum absolute atomic E-state index is 0.272. The first-order valence-corrected chi connectivity index (χ1v) is 6.69. The number of nitrogens with one attached hydrogen (secondary N) is 1. The number of aryl methyl sites for hydroxylation is 1. The SMILES string of the molecule is CCCc1ccc(C2(O)CCNCC2C)cc1. The monoisotopic (exact) mass is 233 g/mol. The van der Waals surface area contributed by atoms with Crippen molar-refractivity contribution in [2.45, 2.75) is 38.7 Å². The lowest BCUT2D eigenvalue weighted by atomic mass is 9.77. The maximum absolute atomic E-state index is 10.8. The van der Waals surface area contributed by atoms with Gasteiger partial charge in [0.05, 0.1) is 5.60 Å². The predicted octanol–water partition coefficient (Wildman–Crippen LogP) is 2.46. The van der Waals surface area contributed by atoms with E-state index in [1.807, 2.05) is 0 Å². The van der Waals surface area contributed by atoms with Crippen LogP contribution in [0, 0.1) is 5.92 Å². The molecule has 1 saturated heterocycles. The van der Waals surface area contributed by atoms with Crippen LogP contribution in [-0.2, 0) is 12.0 Å². The van der Waals surface area contributed by atoms with Crippen LogP contribution in [0.4, 0.5) is 0 Å². The summed E-state index contributed by atoms with van der Waals surface area (Å²) in [6, 6.07) is 8.52. The summed E-state index contributed by atoms with van der Waals surface area (Å²) in [4.78, 5) is 0. The molecule has 0 aliphatic carbocycles. The van der Waals surface area contributed by atoms with Gasteiger partial charge in [-0.1, -0.05) is 44.5 Å². The molecule has 94 valence electrons. The zero-order chi connectivity index (χ0) is 12.3. The number of hydrogen-bond acceptors (Lipinski definition) is 2. The number of benzene rings is 1. The van der Waals surface area contributed by atoms with Crippen LogP contribution in [0.25, 0.3) is 0 Å². The number of rotatable bonds is 3. The van der Waals surface area contributed by atoms with Crippen molar-refractivity contribution in [1.29, 1.82) is 0 Å². The molecule has 0 spiro atoms. The van der Waals surface area contributed by atoms with E-state index in [-0.39, 0.29) is 5.92 Å². The van der Waals surface area contributed by atoms with Gasteiger partial charge in [-0.15, -0.1) is 0 Å². The second-order valence-corrected chi connectivity index (χ2v) is 5.23. The van der Waals surface area contributed by atoms with Gasteiger partial charge in [0.2, 0.25) is 0 Å². The molecule has 2 N–H and O–H groups in total. The van der Waals surface area contributed by atoms with E-state index in [4.69, 9.17) is 0 Å². The Morgan fingerprint density at radius 1 is 1.35 bits per heavy atom. The van der Waals surface area contributed by atoms with E-state index in [9.17, 15) is 5.11 Å². The van der Waals surface area contributed by atoms with Gasteiger partial charge < -0.3 is 10.4 Å². The molecule has 17 heavy (non-hydrogen) atoms. The minimum Gasteiger partial charge on any atom is -0.385 e. The van der Waals surface area contributed by atoms with Gasteiger partial charge in [-0.2, -0.15) is 0 Å². The van der Waals surface area contributed by atoms with Crippen LogP contribution in [0.5, 0.6) is 0 Å². The molecular formula is C15H23NO. The topological polar surface area (TPSA) is 32.3 Å². The molecule has 0 bridgehead atoms. The molecular weight excluding hydrogens is 210 g/mol. The Balaban J connectivity index is 2.20. The van der Waals surface area contributed by atoms with E-state index in [2.05, 4.69) is 43.4 Å². The lowest BCUT2D eigenvalue weighted by Crippen LogP contribution is -2.46. The van der Waals surface area contributed by atoms with Crippen LogP contribution < -0.4 is 5.32 Å². The van der Waals surface area contributed by atoms with Crippen molar-refractivity contribution in [3.05, 3.63) is 35.4 Å². The average Bonchev–Trinajstić information content (AvgIpc) is 2.34. The minimum atomic E-state index is -0.643. The van der Waals surface area contributed by atoms with Crippen LogP contribution in [0.1, 0.15) is 37.8 Å². The lowest BCUT2D eigenvalue weighted by molar-refractivity contribution is -0.0392. The Labute approximate surface area is 104 Å². The van der Waals surface area contributed by atoms with Crippen molar-refractivity contribution >= 4 is 0 Å². The molecule has 0 radical (unpaired) electrons. The van der Waals surface area contributed by atoms with Gasteiger partial charge in [-0.25, -0.2) is 0 Å². The Morgan fingerprint density at radius 3 is 2.65 bits per heavy atom. The van der Waals surface area contributed by atoms with Gasteiger partial charge in [0.25, 0.3) is 0 Å². The zero-order valence-electron chi connectivity index (χ0n) is 10.9. The quantitative estimate of drug-likeness (QED) is 0.840. The first-order chi connectivity index (χ1) is 8.16. The highest BCUT2D eigenvalue weighted by atomic mass is 16.3. The van der Waals surface area contributed by atoms with E-state index < -0.39 is 5.60 Å². The van der Waals surface area contributed by atoms with Crippen molar-refractivity contribution in [1.82, 2.24) is 5.32 Å². The zero-order valence-corrected chi connectivity index (χ0v) is 10.9. The summed E-state index contributed by atoms with van der Waals surface area (Å²) in [5.41, 5.74) is 1.79. The summed E-state index contributed by atoms with van der Waals surface area (Å²) in [5.74, 6) is 0.272. The summed E-state index contributed by atoms with van der Waals surface area (Å²) in [6.07, 6.45) is 3.10. The third kappa shape index (κ3) is 2.53. The molecule has 1 aliphatic heterocycles. The molecule has 0 saturated carbocycles. The fraction of sp³-hybridized carbons (Fsp3) is 0.600. The van der Waals surface area contributed by atoms with Crippen LogP contribution >= 0.6 is 0 Å². The highest BCUT2D eigenvalue weighted by Gasteiger charge is 2.37. The largest absolute Gasteiger partial charge is 0.385 e. The van der Waals surface area contributed by atoms with E-state index in [1.54, 1.807) is 0 Å². The van der Waals surface area contributed by atoms with E-state index >= 15 is 0 Å². The Hall–Kier alpha value is -0.860. The van der Waals surface area contributed by atoms with Crippen LogP contribution in [-0.4, -0.2) is 18.2 Å². The number of piperidine rings is 1. The van der Waals surface area contributed by atoms with Gasteiger partial charge in [-0.3, -0.25) is 0 Å². The Morgan fingerprint density at radius 2 is 2.06 bits per heavy atom. The van der Waals surface area contributed by atoms with Gasteiger partial charge in [0.15, 0.2) is 0 Å². The number of aliphatic hydroxyl groups is 1. The smallest absolute Gasteiger partial charge is 0.0946 e. The fourth-order valence-corrected chi connectivity index (χ4v) is 2.69. The van der Waals surface area contributed by atoms with Crippen molar-refractivity contribution in [2.24, 2.45) is 5.92 Å². The van der Waals surface area contributed by atoms with Crippen molar-refractivity contribution in [3.63, 3.8) is 0 Å². The van der Waals surface area contributed by atoms with Gasteiger partial charge in [0.1, 0.15) is 0 Å². The van der Waals surface area contributed by atoms with Gasteiger partial charge in [-0.05, 0) is 30.5 Å². The maximum atomic E-state index is 10.8. The summed E-state index contributed by atoms with van der Waals surface area (Å²) in [6.45, 7) is 6.10. The first kappa shape index (κ1) is 12.6. The normalized spacial score (nSPS) is 29.2. The molecule has 0 amide bonds. The lowest BCUT2D eigenvalue weighted by Gasteiger charge is -2.39. The summed E-state index contributed by atoms with van der Waals surface area (Å²) >= 11 is 0. The first-order valence-electron chi connectivity index (χ1n) is 6.69. The Bertz CT molecular complexity index is 360. The number of hydrogen-bond donors (Lipinski definition) is 2. The fourth-order valence-electron chi connectivity index (χ4n) is 2.69. The maximum Gasteiger partial charge on any atom is 0.0946 e. The van der Waals surface area contributed by atoms with Gasteiger partial charge in [0, 0.05) is 12.5 Å². The van der Waals surface area contributed by atoms with Crippen LogP contribution in [0.15, 0.2) is 24.3 Å². The van der Waals surface area contributed by atoms with Gasteiger partial charge >= 0.3 is 0 Å². The molecule has 1 fully saturated rings. The van der Waals surface area contributed by atoms with Crippen molar-refractivity contribution in [3.8, 4) is 0 Å². The van der Waals surface area contributed by atoms with Crippen LogP contribution in [0.2, 0.25) is 0 Å². The van der Waals surface area contributed by atoms with E-state index in [1.165, 1.54) is 12.0 Å². The molecule has 2 rings (SSSR count). The molecule has 2 nitrogen and oxygen atoms in total. The molecule has 0 aromatic heterocycles. The Kier molecular flexibility index (Phi) is 3.85. The van der Waals surface area contributed by atoms with Crippen molar-refractivity contribution in [2.75, 3.05) is 13.1 Å².